The number of aliphatic carboxylic acids is 1. The maximum absolute atomic E-state index is 13.6. The Balaban J connectivity index is 2.30. The normalized spacial score (nSPS) is 11.6. The maximum atomic E-state index is 13.6. The van der Waals surface area contributed by atoms with Crippen LogP contribution < -0.4 is 5.32 Å². The molecule has 146 valence electrons. The molecule has 0 saturated heterocycles. The Bertz CT molecular complexity index is 828. The Morgan fingerprint density at radius 3 is 2.48 bits per heavy atom. The van der Waals surface area contributed by atoms with Gasteiger partial charge in [-0.1, -0.05) is 33.8 Å². The Morgan fingerprint density at radius 2 is 1.96 bits per heavy atom. The van der Waals surface area contributed by atoms with Crippen LogP contribution in [0.3, 0.4) is 0 Å². The quantitative estimate of drug-likeness (QED) is 0.738. The van der Waals surface area contributed by atoms with Gasteiger partial charge >= 0.3 is 5.97 Å². The average Bonchev–Trinajstić information content (AvgIpc) is 3.08. The molecule has 0 aliphatic heterocycles. The van der Waals surface area contributed by atoms with Gasteiger partial charge in [-0.3, -0.25) is 9.59 Å². The zero-order valence-electron chi connectivity index (χ0n) is 16.0. The van der Waals surface area contributed by atoms with Crippen LogP contribution >= 0.6 is 0 Å². The van der Waals surface area contributed by atoms with Gasteiger partial charge in [-0.25, -0.2) is 14.1 Å². The molecule has 2 N–H and O–H groups in total. The summed E-state index contributed by atoms with van der Waals surface area (Å²) < 4.78 is 15.0. The minimum Gasteiger partial charge on any atom is -0.481 e. The van der Waals surface area contributed by atoms with Crippen molar-refractivity contribution < 1.29 is 19.1 Å². The van der Waals surface area contributed by atoms with Gasteiger partial charge in [-0.05, 0) is 31.0 Å². The molecule has 0 fully saturated rings. The molecular formula is C19H25FN4O3. The highest BCUT2D eigenvalue weighted by molar-refractivity contribution is 5.91. The van der Waals surface area contributed by atoms with Gasteiger partial charge in [0.25, 0.3) is 5.91 Å². The molecule has 0 unspecified atom stereocenters. The Labute approximate surface area is 157 Å². The number of carbonyl (C=O) groups is 2. The van der Waals surface area contributed by atoms with E-state index in [2.05, 4.69) is 15.4 Å². The van der Waals surface area contributed by atoms with Gasteiger partial charge in [0.1, 0.15) is 11.6 Å². The van der Waals surface area contributed by atoms with Crippen molar-refractivity contribution in [1.29, 1.82) is 0 Å². The van der Waals surface area contributed by atoms with Gasteiger partial charge in [-0.2, -0.15) is 0 Å². The number of carbonyl (C=O) groups excluding carboxylic acids is 1. The van der Waals surface area contributed by atoms with Crippen LogP contribution in [0.25, 0.3) is 5.69 Å². The van der Waals surface area contributed by atoms with Gasteiger partial charge in [0, 0.05) is 12.5 Å². The standard InChI is InChI=1S/C19H25FN4O3/c1-5-19(6-2,18(26)27)11-21-17(25)15-22-16(12(3)4)24(23-15)14-9-7-8-13(20)10-14/h7-10,12H,5-6,11H2,1-4H3,(H,21,25)(H,26,27). The van der Waals surface area contributed by atoms with E-state index in [0.717, 1.165) is 0 Å². The largest absolute Gasteiger partial charge is 0.481 e. The second-order valence-electron chi connectivity index (χ2n) is 6.82. The van der Waals surface area contributed by atoms with Crippen molar-refractivity contribution in [1.82, 2.24) is 20.1 Å². The predicted molar refractivity (Wildman–Crippen MR) is 98.4 cm³/mol. The molecule has 27 heavy (non-hydrogen) atoms. The van der Waals surface area contributed by atoms with E-state index in [-0.39, 0.29) is 18.3 Å². The van der Waals surface area contributed by atoms with Crippen LogP contribution in [0.1, 0.15) is 62.9 Å². The summed E-state index contributed by atoms with van der Waals surface area (Å²) in [5.74, 6) is -1.53. The molecule has 0 aliphatic rings. The molecular weight excluding hydrogens is 351 g/mol. The van der Waals surface area contributed by atoms with Crippen molar-refractivity contribution in [2.45, 2.75) is 46.5 Å². The lowest BCUT2D eigenvalue weighted by Gasteiger charge is -2.26. The Morgan fingerprint density at radius 1 is 1.30 bits per heavy atom. The molecule has 0 aliphatic carbocycles. The highest BCUT2D eigenvalue weighted by Gasteiger charge is 2.35. The molecule has 0 spiro atoms. The number of nitrogens with zero attached hydrogens (tertiary/aromatic N) is 3. The average molecular weight is 376 g/mol. The molecule has 2 rings (SSSR count). The highest BCUT2D eigenvalue weighted by atomic mass is 19.1. The van der Waals surface area contributed by atoms with Crippen LogP contribution in [0.5, 0.6) is 0 Å². The third-order valence-corrected chi connectivity index (χ3v) is 4.80. The summed E-state index contributed by atoms with van der Waals surface area (Å²) in [6.45, 7) is 7.32. The first-order chi connectivity index (χ1) is 12.7. The van der Waals surface area contributed by atoms with E-state index in [1.165, 1.54) is 16.8 Å². The summed E-state index contributed by atoms with van der Waals surface area (Å²) in [5, 5.41) is 16.3. The second-order valence-corrected chi connectivity index (χ2v) is 6.82. The van der Waals surface area contributed by atoms with E-state index < -0.39 is 23.1 Å². The molecule has 0 saturated carbocycles. The minimum atomic E-state index is -1.03. The molecule has 2 aromatic rings. The SMILES string of the molecule is CCC(CC)(CNC(=O)c1nc(C(C)C)n(-c2cccc(F)c2)n1)C(=O)O. The lowest BCUT2D eigenvalue weighted by Crippen LogP contribution is -2.42. The number of halogens is 1. The summed E-state index contributed by atoms with van der Waals surface area (Å²) in [5.41, 5.74) is -0.561. The van der Waals surface area contributed by atoms with Crippen LogP contribution in [-0.4, -0.2) is 38.3 Å². The van der Waals surface area contributed by atoms with E-state index in [1.807, 2.05) is 13.8 Å². The monoisotopic (exact) mass is 376 g/mol. The first-order valence-electron chi connectivity index (χ1n) is 8.98. The van der Waals surface area contributed by atoms with Crippen LogP contribution in [0.2, 0.25) is 0 Å². The Kier molecular flexibility index (Phi) is 6.30. The van der Waals surface area contributed by atoms with Crippen molar-refractivity contribution in [3.63, 3.8) is 0 Å². The third kappa shape index (κ3) is 4.32. The van der Waals surface area contributed by atoms with Crippen LogP contribution in [-0.2, 0) is 4.79 Å². The summed E-state index contributed by atoms with van der Waals surface area (Å²) in [7, 11) is 0. The molecule has 7 nitrogen and oxygen atoms in total. The zero-order chi connectivity index (χ0) is 20.2. The first kappa shape index (κ1) is 20.5. The third-order valence-electron chi connectivity index (χ3n) is 4.80. The summed E-state index contributed by atoms with van der Waals surface area (Å²) in [6, 6.07) is 5.87. The number of aromatic nitrogens is 3. The fourth-order valence-electron chi connectivity index (χ4n) is 2.80. The lowest BCUT2D eigenvalue weighted by molar-refractivity contribution is -0.149. The van der Waals surface area contributed by atoms with Crippen molar-refractivity contribution in [2.75, 3.05) is 6.54 Å². The fraction of sp³-hybridized carbons (Fsp3) is 0.474. The summed E-state index contributed by atoms with van der Waals surface area (Å²) in [6.07, 6.45) is 0.781. The van der Waals surface area contributed by atoms with Crippen molar-refractivity contribution in [3.05, 3.63) is 41.7 Å². The molecule has 1 aromatic carbocycles. The van der Waals surface area contributed by atoms with Gasteiger partial charge in [0.05, 0.1) is 11.1 Å². The first-order valence-corrected chi connectivity index (χ1v) is 8.98. The number of benzene rings is 1. The molecule has 1 aromatic heterocycles. The number of hydrogen-bond donors (Lipinski definition) is 2. The molecule has 0 bridgehead atoms. The summed E-state index contributed by atoms with van der Waals surface area (Å²) >= 11 is 0. The van der Waals surface area contributed by atoms with Crippen molar-refractivity contribution >= 4 is 11.9 Å². The number of nitrogens with one attached hydrogen (secondary N) is 1. The van der Waals surface area contributed by atoms with Crippen LogP contribution in [0.4, 0.5) is 4.39 Å². The second kappa shape index (κ2) is 8.28. The highest BCUT2D eigenvalue weighted by Crippen LogP contribution is 2.26. The van der Waals surface area contributed by atoms with E-state index in [1.54, 1.807) is 26.0 Å². The smallest absolute Gasteiger partial charge is 0.311 e. The predicted octanol–water partition coefficient (Wildman–Crippen LogP) is 3.15. The van der Waals surface area contributed by atoms with Crippen LogP contribution in [0.15, 0.2) is 24.3 Å². The molecule has 1 amide bonds. The number of hydrogen-bond acceptors (Lipinski definition) is 4. The van der Waals surface area contributed by atoms with Gasteiger partial charge < -0.3 is 10.4 Å². The molecule has 8 heteroatoms. The zero-order valence-corrected chi connectivity index (χ0v) is 16.0. The van der Waals surface area contributed by atoms with Crippen LogP contribution in [0, 0.1) is 11.2 Å². The van der Waals surface area contributed by atoms with E-state index >= 15 is 0 Å². The minimum absolute atomic E-state index is 0.0142. The molecule has 0 atom stereocenters. The molecule has 1 heterocycles. The van der Waals surface area contributed by atoms with Crippen molar-refractivity contribution in [3.8, 4) is 5.69 Å². The number of amides is 1. The van der Waals surface area contributed by atoms with Crippen molar-refractivity contribution in [2.24, 2.45) is 5.41 Å². The van der Waals surface area contributed by atoms with E-state index in [9.17, 15) is 19.1 Å². The number of carboxylic acids is 1. The topological polar surface area (TPSA) is 97.1 Å². The maximum Gasteiger partial charge on any atom is 0.311 e. The Hall–Kier alpha value is -2.77. The van der Waals surface area contributed by atoms with Gasteiger partial charge in [-0.15, -0.1) is 5.10 Å². The fourth-order valence-corrected chi connectivity index (χ4v) is 2.80. The number of rotatable bonds is 8. The number of carboxylic acid groups (broad SMARTS) is 1. The van der Waals surface area contributed by atoms with Gasteiger partial charge in [0.2, 0.25) is 5.82 Å². The van der Waals surface area contributed by atoms with E-state index in [4.69, 9.17) is 0 Å². The summed E-state index contributed by atoms with van der Waals surface area (Å²) in [4.78, 5) is 28.4. The van der Waals surface area contributed by atoms with Gasteiger partial charge in [0.15, 0.2) is 0 Å². The van der Waals surface area contributed by atoms with E-state index in [0.29, 0.717) is 24.4 Å². The lowest BCUT2D eigenvalue weighted by atomic mass is 9.82. The molecule has 0 radical (unpaired) electrons.